The Hall–Kier alpha value is -1.95. The highest BCUT2D eigenvalue weighted by atomic mass is 35.5. The van der Waals surface area contributed by atoms with Crippen LogP contribution in [0.3, 0.4) is 0 Å². The van der Waals surface area contributed by atoms with E-state index in [1.165, 1.54) is 0 Å². The van der Waals surface area contributed by atoms with Crippen molar-refractivity contribution in [3.05, 3.63) is 76.9 Å². The van der Waals surface area contributed by atoms with Gasteiger partial charge < -0.3 is 0 Å². The summed E-state index contributed by atoms with van der Waals surface area (Å²) in [4.78, 5) is 4.45. The highest BCUT2D eigenvalue weighted by molar-refractivity contribution is 7.88. The predicted molar refractivity (Wildman–Crippen MR) is 92.7 cm³/mol. The largest absolute Gasteiger partial charge is 0.251 e. The Kier molecular flexibility index (Phi) is 4.61. The summed E-state index contributed by atoms with van der Waals surface area (Å²) in [6.45, 7) is 0.167. The number of rotatable bonds is 5. The van der Waals surface area contributed by atoms with Crippen LogP contribution in [0.1, 0.15) is 11.3 Å². The second-order valence-corrected chi connectivity index (χ2v) is 7.45. The lowest BCUT2D eigenvalue weighted by Crippen LogP contribution is -2.25. The molecule has 0 aliphatic rings. The van der Waals surface area contributed by atoms with Crippen LogP contribution >= 0.6 is 11.6 Å². The van der Waals surface area contributed by atoms with Gasteiger partial charge in [-0.1, -0.05) is 48.0 Å². The standard InChI is InChI=1S/C17H15ClN2O2S/c18-15-8-5-13(6-9-15)12-23(21,22)19-11-16-10-7-14-3-1-2-4-17(14)20-16/h1-10,19H,11-12H2. The molecule has 23 heavy (non-hydrogen) atoms. The molecule has 3 rings (SSSR count). The van der Waals surface area contributed by atoms with Gasteiger partial charge in [-0.15, -0.1) is 0 Å². The van der Waals surface area contributed by atoms with Gasteiger partial charge in [0, 0.05) is 10.4 Å². The molecule has 0 saturated carbocycles. The van der Waals surface area contributed by atoms with Gasteiger partial charge in [0.15, 0.2) is 0 Å². The molecule has 0 fully saturated rings. The molecule has 4 nitrogen and oxygen atoms in total. The molecule has 0 amide bonds. The van der Waals surface area contributed by atoms with Gasteiger partial charge in [0.25, 0.3) is 0 Å². The van der Waals surface area contributed by atoms with Crippen molar-refractivity contribution in [1.82, 2.24) is 9.71 Å². The van der Waals surface area contributed by atoms with Gasteiger partial charge in [0.1, 0.15) is 0 Å². The second kappa shape index (κ2) is 6.66. The number of fused-ring (bicyclic) bond motifs is 1. The maximum Gasteiger partial charge on any atom is 0.216 e. The molecule has 1 heterocycles. The second-order valence-electron chi connectivity index (χ2n) is 5.20. The average molecular weight is 347 g/mol. The summed E-state index contributed by atoms with van der Waals surface area (Å²) in [5, 5.41) is 1.61. The predicted octanol–water partition coefficient (Wildman–Crippen LogP) is 3.51. The summed E-state index contributed by atoms with van der Waals surface area (Å²) in [6.07, 6.45) is 0. The molecular weight excluding hydrogens is 332 g/mol. The van der Waals surface area contributed by atoms with Crippen LogP contribution in [0.2, 0.25) is 5.02 Å². The number of sulfonamides is 1. The van der Waals surface area contributed by atoms with Gasteiger partial charge in [0.05, 0.1) is 23.5 Å². The SMILES string of the molecule is O=S(=O)(Cc1ccc(Cl)cc1)NCc1ccc2ccccc2n1. The number of nitrogens with zero attached hydrogens (tertiary/aromatic N) is 1. The number of para-hydroxylation sites is 1. The minimum absolute atomic E-state index is 0.0856. The van der Waals surface area contributed by atoms with Gasteiger partial charge >= 0.3 is 0 Å². The van der Waals surface area contributed by atoms with Gasteiger partial charge in [-0.05, 0) is 29.8 Å². The van der Waals surface area contributed by atoms with E-state index in [-0.39, 0.29) is 12.3 Å². The van der Waals surface area contributed by atoms with E-state index in [1.807, 2.05) is 36.4 Å². The highest BCUT2D eigenvalue weighted by Crippen LogP contribution is 2.13. The van der Waals surface area contributed by atoms with Crippen LogP contribution in [0.5, 0.6) is 0 Å². The number of hydrogen-bond donors (Lipinski definition) is 1. The third-order valence-electron chi connectivity index (χ3n) is 3.40. The van der Waals surface area contributed by atoms with E-state index < -0.39 is 10.0 Å². The third kappa shape index (κ3) is 4.28. The van der Waals surface area contributed by atoms with E-state index in [2.05, 4.69) is 9.71 Å². The van der Waals surface area contributed by atoms with Crippen molar-refractivity contribution in [2.24, 2.45) is 0 Å². The number of pyridine rings is 1. The van der Waals surface area contributed by atoms with Gasteiger partial charge in [-0.2, -0.15) is 0 Å². The molecule has 6 heteroatoms. The Morgan fingerprint density at radius 2 is 1.70 bits per heavy atom. The molecule has 1 aromatic heterocycles. The van der Waals surface area contributed by atoms with Crippen molar-refractivity contribution in [3.8, 4) is 0 Å². The Morgan fingerprint density at radius 1 is 0.957 bits per heavy atom. The van der Waals surface area contributed by atoms with Crippen molar-refractivity contribution >= 4 is 32.5 Å². The normalized spacial score (nSPS) is 11.7. The zero-order valence-electron chi connectivity index (χ0n) is 12.2. The van der Waals surface area contributed by atoms with Crippen molar-refractivity contribution < 1.29 is 8.42 Å². The fourth-order valence-electron chi connectivity index (χ4n) is 2.24. The topological polar surface area (TPSA) is 59.1 Å². The minimum atomic E-state index is -3.43. The van der Waals surface area contributed by atoms with Crippen molar-refractivity contribution in [3.63, 3.8) is 0 Å². The Labute approximate surface area is 140 Å². The molecule has 3 aromatic rings. The highest BCUT2D eigenvalue weighted by Gasteiger charge is 2.12. The maximum atomic E-state index is 12.1. The minimum Gasteiger partial charge on any atom is -0.251 e. The molecule has 2 aromatic carbocycles. The first-order chi connectivity index (χ1) is 11.0. The van der Waals surface area contributed by atoms with Crippen LogP contribution in [0.4, 0.5) is 0 Å². The zero-order chi connectivity index (χ0) is 16.3. The molecule has 0 saturated heterocycles. The van der Waals surface area contributed by atoms with Crippen molar-refractivity contribution in [1.29, 1.82) is 0 Å². The molecule has 0 aliphatic heterocycles. The van der Waals surface area contributed by atoms with E-state index in [4.69, 9.17) is 11.6 Å². The Morgan fingerprint density at radius 3 is 2.48 bits per heavy atom. The number of aromatic nitrogens is 1. The lowest BCUT2D eigenvalue weighted by Gasteiger charge is -2.07. The van der Waals surface area contributed by atoms with Crippen LogP contribution in [0.15, 0.2) is 60.7 Å². The Bertz CT molecular complexity index is 925. The summed E-state index contributed by atoms with van der Waals surface area (Å²) in [7, 11) is -3.43. The first-order valence-electron chi connectivity index (χ1n) is 7.08. The molecule has 0 unspecified atom stereocenters. The number of benzene rings is 2. The van der Waals surface area contributed by atoms with Gasteiger partial charge in [-0.3, -0.25) is 4.98 Å². The quantitative estimate of drug-likeness (QED) is 0.769. The number of hydrogen-bond acceptors (Lipinski definition) is 3. The third-order valence-corrected chi connectivity index (χ3v) is 4.95. The van der Waals surface area contributed by atoms with Crippen LogP contribution in [-0.2, 0) is 22.3 Å². The van der Waals surface area contributed by atoms with Crippen molar-refractivity contribution in [2.75, 3.05) is 0 Å². The maximum absolute atomic E-state index is 12.1. The fourth-order valence-corrected chi connectivity index (χ4v) is 3.47. The molecular formula is C17H15ClN2O2S. The summed E-state index contributed by atoms with van der Waals surface area (Å²) >= 11 is 5.80. The molecule has 118 valence electrons. The van der Waals surface area contributed by atoms with E-state index >= 15 is 0 Å². The number of halogens is 1. The average Bonchev–Trinajstić information content (AvgIpc) is 2.55. The van der Waals surface area contributed by atoms with E-state index in [0.29, 0.717) is 16.3 Å². The van der Waals surface area contributed by atoms with Crippen LogP contribution in [0.25, 0.3) is 10.9 Å². The number of nitrogens with one attached hydrogen (secondary N) is 1. The Balaban J connectivity index is 1.69. The van der Waals surface area contributed by atoms with E-state index in [1.54, 1.807) is 24.3 Å². The first-order valence-corrected chi connectivity index (χ1v) is 9.11. The fraction of sp³-hybridized carbons (Fsp3) is 0.118. The monoisotopic (exact) mass is 346 g/mol. The van der Waals surface area contributed by atoms with Crippen LogP contribution < -0.4 is 4.72 Å². The summed E-state index contributed by atoms with van der Waals surface area (Å²) in [5.41, 5.74) is 2.22. The lowest BCUT2D eigenvalue weighted by atomic mass is 10.2. The van der Waals surface area contributed by atoms with E-state index in [0.717, 1.165) is 10.9 Å². The summed E-state index contributed by atoms with van der Waals surface area (Å²) < 4.78 is 26.9. The molecule has 0 bridgehead atoms. The zero-order valence-corrected chi connectivity index (χ0v) is 13.8. The van der Waals surface area contributed by atoms with Gasteiger partial charge in [0.2, 0.25) is 10.0 Å². The van der Waals surface area contributed by atoms with E-state index in [9.17, 15) is 8.42 Å². The van der Waals surface area contributed by atoms with Crippen molar-refractivity contribution in [2.45, 2.75) is 12.3 Å². The molecule has 0 atom stereocenters. The molecule has 1 N–H and O–H groups in total. The summed E-state index contributed by atoms with van der Waals surface area (Å²) in [6, 6.07) is 18.2. The van der Waals surface area contributed by atoms with Crippen LogP contribution in [0, 0.1) is 0 Å². The molecule has 0 aliphatic carbocycles. The molecule has 0 radical (unpaired) electrons. The lowest BCUT2D eigenvalue weighted by molar-refractivity contribution is 0.579. The smallest absolute Gasteiger partial charge is 0.216 e. The van der Waals surface area contributed by atoms with Gasteiger partial charge in [-0.25, -0.2) is 13.1 Å². The summed E-state index contributed by atoms with van der Waals surface area (Å²) in [5.74, 6) is -0.0856. The molecule has 0 spiro atoms. The first kappa shape index (κ1) is 15.9. The van der Waals surface area contributed by atoms with Crippen LogP contribution in [-0.4, -0.2) is 13.4 Å².